The second-order valence-corrected chi connectivity index (χ2v) is 11.0. The van der Waals surface area contributed by atoms with Crippen molar-refractivity contribution < 1.29 is 0 Å². The first-order valence-electron chi connectivity index (χ1n) is 14.1. The molecule has 1 heteroatoms. The molecule has 0 saturated heterocycles. The molecule has 0 saturated carbocycles. The predicted molar refractivity (Wildman–Crippen MR) is 167 cm³/mol. The van der Waals surface area contributed by atoms with Gasteiger partial charge < -0.3 is 0 Å². The number of fused-ring (bicyclic) bond motifs is 5. The lowest BCUT2D eigenvalue weighted by Gasteiger charge is -2.11. The molecule has 0 unspecified atom stereocenters. The van der Waals surface area contributed by atoms with Crippen LogP contribution in [0.3, 0.4) is 0 Å². The topological polar surface area (TPSA) is 0 Å². The minimum atomic E-state index is 0.986. The fourth-order valence-electron chi connectivity index (χ4n) is 5.06. The molecule has 0 atom stereocenters. The summed E-state index contributed by atoms with van der Waals surface area (Å²) in [6.45, 7) is 6.70. The lowest BCUT2D eigenvalue weighted by atomic mass is 9.94. The van der Waals surface area contributed by atoms with Gasteiger partial charge in [-0.2, -0.15) is 0 Å². The summed E-state index contributed by atoms with van der Waals surface area (Å²) in [6.07, 6.45) is 14.3. The molecule has 0 fully saturated rings. The summed E-state index contributed by atoms with van der Waals surface area (Å²) in [4.78, 5) is 1.27. The highest BCUT2D eigenvalue weighted by molar-refractivity contribution is 7.98. The molecule has 0 aromatic heterocycles. The van der Waals surface area contributed by atoms with Gasteiger partial charge in [0.15, 0.2) is 0 Å². The summed E-state index contributed by atoms with van der Waals surface area (Å²) in [5, 5.41) is 7.78. The fraction of sp³-hybridized carbons (Fsp3) is 0.389. The number of benzene rings is 4. The van der Waals surface area contributed by atoms with Crippen molar-refractivity contribution in [2.24, 2.45) is 0 Å². The summed E-state index contributed by atoms with van der Waals surface area (Å²) >= 11 is 1.79. The molecule has 190 valence electrons. The average molecular weight is 505 g/mol. The first-order chi connectivity index (χ1) is 18.2. The van der Waals surface area contributed by atoms with E-state index in [4.69, 9.17) is 0 Å². The van der Waals surface area contributed by atoms with E-state index in [0.717, 1.165) is 24.0 Å². The van der Waals surface area contributed by atoms with Gasteiger partial charge >= 0.3 is 0 Å². The van der Waals surface area contributed by atoms with Crippen molar-refractivity contribution in [3.63, 3.8) is 0 Å². The Hall–Kier alpha value is -2.87. The second kappa shape index (κ2) is 13.6. The van der Waals surface area contributed by atoms with Crippen molar-refractivity contribution in [1.82, 2.24) is 0 Å². The molecule has 4 aromatic rings. The molecule has 0 radical (unpaired) electrons. The van der Waals surface area contributed by atoms with E-state index in [1.807, 2.05) is 0 Å². The maximum Gasteiger partial charge on any atom is 0.0387 e. The zero-order chi connectivity index (χ0) is 26.0. The smallest absolute Gasteiger partial charge is 0.0387 e. The van der Waals surface area contributed by atoms with E-state index in [2.05, 4.69) is 99.2 Å². The van der Waals surface area contributed by atoms with E-state index < -0.39 is 0 Å². The summed E-state index contributed by atoms with van der Waals surface area (Å²) in [6, 6.07) is 18.4. The van der Waals surface area contributed by atoms with Crippen molar-refractivity contribution in [1.29, 1.82) is 0 Å². The summed E-state index contributed by atoms with van der Waals surface area (Å²) in [5.74, 6) is 13.8. The van der Waals surface area contributed by atoms with E-state index >= 15 is 0 Å². The Kier molecular flexibility index (Phi) is 9.99. The van der Waals surface area contributed by atoms with Crippen LogP contribution in [0, 0.1) is 30.6 Å². The quantitative estimate of drug-likeness (QED) is 0.0945. The molecule has 0 aliphatic rings. The Bertz CT molecular complexity index is 1500. The third-order valence-corrected chi connectivity index (χ3v) is 8.03. The van der Waals surface area contributed by atoms with Crippen LogP contribution in [0.4, 0.5) is 0 Å². The van der Waals surface area contributed by atoms with Gasteiger partial charge in [0.25, 0.3) is 0 Å². The van der Waals surface area contributed by atoms with Gasteiger partial charge in [-0.3, -0.25) is 0 Å². The van der Waals surface area contributed by atoms with Crippen LogP contribution in [0.25, 0.3) is 32.3 Å². The monoisotopic (exact) mass is 504 g/mol. The molecular weight excluding hydrogens is 464 g/mol. The van der Waals surface area contributed by atoms with Crippen LogP contribution < -0.4 is 0 Å². The highest BCUT2D eigenvalue weighted by Crippen LogP contribution is 2.35. The van der Waals surface area contributed by atoms with Crippen molar-refractivity contribution in [2.45, 2.75) is 89.9 Å². The molecule has 0 nitrogen and oxygen atoms in total. The third-order valence-electron chi connectivity index (χ3n) is 7.25. The van der Waals surface area contributed by atoms with Crippen LogP contribution in [0.2, 0.25) is 0 Å². The highest BCUT2D eigenvalue weighted by Gasteiger charge is 2.10. The molecule has 0 bridgehead atoms. The van der Waals surface area contributed by atoms with Crippen molar-refractivity contribution in [3.05, 3.63) is 65.2 Å². The Labute approximate surface area is 228 Å². The fourth-order valence-corrected chi connectivity index (χ4v) is 5.62. The number of hydrogen-bond donors (Lipinski definition) is 0. The van der Waals surface area contributed by atoms with Crippen LogP contribution >= 0.6 is 11.8 Å². The molecule has 0 spiro atoms. The second-order valence-electron chi connectivity index (χ2n) is 10.1. The van der Waals surface area contributed by atoms with Gasteiger partial charge in [0.2, 0.25) is 0 Å². The first-order valence-corrected chi connectivity index (χ1v) is 15.3. The number of unbranched alkanes of at least 4 members (excludes halogenated alkanes) is 8. The molecular formula is C36H40S. The van der Waals surface area contributed by atoms with Crippen LogP contribution in [-0.4, -0.2) is 6.26 Å². The minimum absolute atomic E-state index is 0.986. The number of rotatable bonds is 9. The van der Waals surface area contributed by atoms with E-state index in [9.17, 15) is 0 Å². The molecule has 4 aromatic carbocycles. The third kappa shape index (κ3) is 6.72. The SMILES string of the molecule is CCCCCCC#Cc1cc2ccc3c4cc(SC)c(C#CCCCCCC)cc4ccc3c2cc1C. The Balaban J connectivity index is 1.67. The van der Waals surface area contributed by atoms with Crippen molar-refractivity contribution in [3.8, 4) is 23.7 Å². The molecule has 37 heavy (non-hydrogen) atoms. The van der Waals surface area contributed by atoms with E-state index in [1.165, 1.54) is 94.1 Å². The van der Waals surface area contributed by atoms with Crippen LogP contribution in [0.15, 0.2) is 53.4 Å². The van der Waals surface area contributed by atoms with Crippen molar-refractivity contribution >= 4 is 44.1 Å². The summed E-state index contributed by atoms with van der Waals surface area (Å²) in [5.41, 5.74) is 3.57. The van der Waals surface area contributed by atoms with Gasteiger partial charge in [0.1, 0.15) is 0 Å². The predicted octanol–water partition coefficient (Wildman–Crippen LogP) is 10.8. The molecule has 0 aliphatic carbocycles. The van der Waals surface area contributed by atoms with E-state index in [-0.39, 0.29) is 0 Å². The van der Waals surface area contributed by atoms with E-state index in [1.54, 1.807) is 11.8 Å². The Morgan fingerprint density at radius 2 is 1.14 bits per heavy atom. The van der Waals surface area contributed by atoms with Crippen LogP contribution in [0.1, 0.15) is 94.7 Å². The zero-order valence-corrected chi connectivity index (χ0v) is 23.9. The lowest BCUT2D eigenvalue weighted by Crippen LogP contribution is -1.88. The van der Waals surface area contributed by atoms with Gasteiger partial charge in [-0.1, -0.05) is 100 Å². The Morgan fingerprint density at radius 3 is 1.70 bits per heavy atom. The molecule has 0 heterocycles. The maximum atomic E-state index is 3.47. The van der Waals surface area contributed by atoms with Gasteiger partial charge in [-0.05, 0) is 88.2 Å². The van der Waals surface area contributed by atoms with E-state index in [0.29, 0.717) is 0 Å². The van der Waals surface area contributed by atoms with Gasteiger partial charge in [0, 0.05) is 28.9 Å². The highest BCUT2D eigenvalue weighted by atomic mass is 32.2. The number of hydrogen-bond acceptors (Lipinski definition) is 1. The molecule has 0 N–H and O–H groups in total. The van der Waals surface area contributed by atoms with Gasteiger partial charge in [-0.15, -0.1) is 11.8 Å². The van der Waals surface area contributed by atoms with Gasteiger partial charge in [-0.25, -0.2) is 0 Å². The van der Waals surface area contributed by atoms with Crippen LogP contribution in [-0.2, 0) is 0 Å². The number of thioether (sulfide) groups is 1. The van der Waals surface area contributed by atoms with Crippen LogP contribution in [0.5, 0.6) is 0 Å². The number of aryl methyl sites for hydroxylation is 1. The molecule has 4 rings (SSSR count). The Morgan fingerprint density at radius 1 is 0.595 bits per heavy atom. The lowest BCUT2D eigenvalue weighted by molar-refractivity contribution is 0.679. The summed E-state index contributed by atoms with van der Waals surface area (Å²) < 4.78 is 0. The first kappa shape index (κ1) is 27.2. The average Bonchev–Trinajstić information content (AvgIpc) is 2.92. The van der Waals surface area contributed by atoms with Crippen molar-refractivity contribution in [2.75, 3.05) is 6.26 Å². The molecule has 0 aliphatic heterocycles. The minimum Gasteiger partial charge on any atom is -0.128 e. The largest absolute Gasteiger partial charge is 0.128 e. The molecule has 0 amide bonds. The zero-order valence-electron chi connectivity index (χ0n) is 23.1. The maximum absolute atomic E-state index is 3.47. The normalized spacial score (nSPS) is 10.9. The summed E-state index contributed by atoms with van der Waals surface area (Å²) in [7, 11) is 0. The van der Waals surface area contributed by atoms with Gasteiger partial charge in [0.05, 0.1) is 0 Å². The standard InChI is InChI=1S/C36H40S/c1-5-7-9-11-13-15-17-28-24-29-19-22-33-32(34(29)23-27(28)3)21-20-30-25-31(36(37-4)26-35(30)33)18-16-14-12-10-8-6-2/h19-26H,5-14H2,1-4H3.